The molecule has 2 saturated heterocycles. The van der Waals surface area contributed by atoms with Gasteiger partial charge in [0.2, 0.25) is 0 Å². The molecular formula is C12H17N6O5P. The summed E-state index contributed by atoms with van der Waals surface area (Å²) in [4.78, 5) is 12.2. The van der Waals surface area contributed by atoms with Crippen LogP contribution in [0.25, 0.3) is 11.2 Å². The molecule has 5 atom stereocenters. The molecule has 4 rings (SSSR count). The van der Waals surface area contributed by atoms with Gasteiger partial charge in [-0.2, -0.15) is 0 Å². The first-order valence-electron chi connectivity index (χ1n) is 7.47. The highest BCUT2D eigenvalue weighted by atomic mass is 31.2. The molecule has 24 heavy (non-hydrogen) atoms. The van der Waals surface area contributed by atoms with Crippen molar-refractivity contribution in [3.63, 3.8) is 0 Å². The lowest BCUT2D eigenvalue weighted by molar-refractivity contribution is -0.0595. The standard InChI is InChI=1S/C12H17N6O5P/c1-2-17-24(20)21-3-6-9(23-24)8(19)12(22-6)18-5-16-7-10(13)14-4-15-11(7)18/h4-6,8-9,12,19H,2-3H2,1H3,(H,17,20)(H2,13,14,15)/t6-,8-,9-,12-,24?/m1/s1. The number of rotatable bonds is 3. The summed E-state index contributed by atoms with van der Waals surface area (Å²) in [5.74, 6) is 0.236. The summed E-state index contributed by atoms with van der Waals surface area (Å²) in [5, 5.41) is 13.3. The molecule has 0 bridgehead atoms. The largest absolute Gasteiger partial charge is 0.406 e. The van der Waals surface area contributed by atoms with Crippen molar-refractivity contribution in [1.82, 2.24) is 24.6 Å². The van der Waals surface area contributed by atoms with E-state index in [0.717, 1.165) is 0 Å². The number of aromatic nitrogens is 4. The number of ether oxygens (including phenoxy) is 1. The van der Waals surface area contributed by atoms with E-state index < -0.39 is 32.3 Å². The van der Waals surface area contributed by atoms with E-state index in [1.165, 1.54) is 12.7 Å². The number of aliphatic hydroxyl groups excluding tert-OH is 1. The second-order valence-electron chi connectivity index (χ2n) is 5.51. The van der Waals surface area contributed by atoms with E-state index >= 15 is 0 Å². The van der Waals surface area contributed by atoms with Crippen LogP contribution in [0.3, 0.4) is 0 Å². The number of nitrogens with zero attached hydrogens (tertiary/aromatic N) is 4. The predicted octanol–water partition coefficient (Wildman–Crippen LogP) is -0.200. The Balaban J connectivity index is 1.64. The number of nitrogens with two attached hydrogens (primary N) is 1. The number of aliphatic hydroxyl groups is 1. The zero-order chi connectivity index (χ0) is 16.9. The normalized spacial score (nSPS) is 36.1. The molecule has 4 N–H and O–H groups in total. The number of hydrogen-bond donors (Lipinski definition) is 3. The van der Waals surface area contributed by atoms with Crippen LogP contribution in [0.5, 0.6) is 0 Å². The maximum absolute atomic E-state index is 12.4. The van der Waals surface area contributed by atoms with Crippen molar-refractivity contribution >= 4 is 24.7 Å². The van der Waals surface area contributed by atoms with Crippen LogP contribution in [0.2, 0.25) is 0 Å². The average Bonchev–Trinajstić information content (AvgIpc) is 3.10. The summed E-state index contributed by atoms with van der Waals surface area (Å²) in [6, 6.07) is 0. The molecule has 130 valence electrons. The second-order valence-corrected chi connectivity index (χ2v) is 7.29. The fraction of sp³-hybridized carbons (Fsp3) is 0.583. The van der Waals surface area contributed by atoms with Crippen molar-refractivity contribution in [2.45, 2.75) is 31.5 Å². The molecule has 0 aromatic carbocycles. The lowest BCUT2D eigenvalue weighted by Crippen LogP contribution is -2.41. The summed E-state index contributed by atoms with van der Waals surface area (Å²) < 4.78 is 30.5. The van der Waals surface area contributed by atoms with Crippen molar-refractivity contribution in [3.8, 4) is 0 Å². The van der Waals surface area contributed by atoms with Gasteiger partial charge in [-0.1, -0.05) is 6.92 Å². The van der Waals surface area contributed by atoms with E-state index in [1.54, 1.807) is 11.5 Å². The van der Waals surface area contributed by atoms with Gasteiger partial charge < -0.3 is 15.6 Å². The number of hydrogen-bond acceptors (Lipinski definition) is 9. The van der Waals surface area contributed by atoms with Gasteiger partial charge in [-0.3, -0.25) is 13.6 Å². The zero-order valence-electron chi connectivity index (χ0n) is 12.8. The van der Waals surface area contributed by atoms with Gasteiger partial charge in [0.1, 0.15) is 30.2 Å². The van der Waals surface area contributed by atoms with E-state index in [4.69, 9.17) is 19.5 Å². The smallest absolute Gasteiger partial charge is 0.386 e. The van der Waals surface area contributed by atoms with Crippen LogP contribution >= 0.6 is 7.75 Å². The Morgan fingerprint density at radius 2 is 2.33 bits per heavy atom. The molecule has 0 radical (unpaired) electrons. The molecule has 1 unspecified atom stereocenters. The highest BCUT2D eigenvalue weighted by Crippen LogP contribution is 2.52. The second kappa shape index (κ2) is 5.73. The van der Waals surface area contributed by atoms with Crippen LogP contribution < -0.4 is 10.8 Å². The molecule has 2 aliphatic rings. The molecule has 2 aromatic rings. The van der Waals surface area contributed by atoms with Crippen LogP contribution in [-0.4, -0.2) is 56.1 Å². The quantitative estimate of drug-likeness (QED) is 0.632. The van der Waals surface area contributed by atoms with Crippen molar-refractivity contribution in [2.24, 2.45) is 0 Å². The molecule has 4 heterocycles. The molecule has 2 aromatic heterocycles. The van der Waals surface area contributed by atoms with Crippen molar-refractivity contribution < 1.29 is 23.5 Å². The van der Waals surface area contributed by atoms with Gasteiger partial charge in [0.15, 0.2) is 17.7 Å². The van der Waals surface area contributed by atoms with Gasteiger partial charge in [0, 0.05) is 6.54 Å². The highest BCUT2D eigenvalue weighted by molar-refractivity contribution is 7.51. The van der Waals surface area contributed by atoms with Crippen LogP contribution in [0.1, 0.15) is 13.2 Å². The lowest BCUT2D eigenvalue weighted by Gasteiger charge is -2.31. The fourth-order valence-electron chi connectivity index (χ4n) is 2.91. The zero-order valence-corrected chi connectivity index (χ0v) is 13.7. The summed E-state index contributed by atoms with van der Waals surface area (Å²) in [6.07, 6.45) is -0.447. The van der Waals surface area contributed by atoms with Crippen LogP contribution in [0.15, 0.2) is 12.7 Å². The average molecular weight is 356 g/mol. The molecule has 0 spiro atoms. The maximum atomic E-state index is 12.4. The van der Waals surface area contributed by atoms with Crippen LogP contribution in [-0.2, 0) is 18.3 Å². The molecule has 2 fully saturated rings. The minimum Gasteiger partial charge on any atom is -0.386 e. The van der Waals surface area contributed by atoms with Gasteiger partial charge in [-0.25, -0.2) is 24.6 Å². The third-order valence-electron chi connectivity index (χ3n) is 3.99. The van der Waals surface area contributed by atoms with Gasteiger partial charge in [-0.15, -0.1) is 0 Å². The molecule has 12 heteroatoms. The minimum absolute atomic E-state index is 0.0479. The number of fused-ring (bicyclic) bond motifs is 2. The molecule has 0 amide bonds. The SMILES string of the molecule is CCNP1(=O)OC[C@H]2O[C@@H](n3cnc4c(N)ncnc43)[C@H](O)[C@@H]2O1. The van der Waals surface area contributed by atoms with E-state index in [0.29, 0.717) is 17.7 Å². The Labute approximate surface area is 136 Å². The summed E-state index contributed by atoms with van der Waals surface area (Å²) in [7, 11) is -3.44. The summed E-state index contributed by atoms with van der Waals surface area (Å²) in [5.41, 5.74) is 6.62. The van der Waals surface area contributed by atoms with Crippen LogP contribution in [0, 0.1) is 0 Å². The Hall–Kier alpha value is -1.62. The highest BCUT2D eigenvalue weighted by Gasteiger charge is 2.52. The van der Waals surface area contributed by atoms with E-state index in [-0.39, 0.29) is 12.4 Å². The van der Waals surface area contributed by atoms with Crippen LogP contribution in [0.4, 0.5) is 5.82 Å². The first-order chi connectivity index (χ1) is 11.5. The Morgan fingerprint density at radius 1 is 1.50 bits per heavy atom. The Morgan fingerprint density at radius 3 is 3.12 bits per heavy atom. The maximum Gasteiger partial charge on any atom is 0.406 e. The Bertz CT molecular complexity index is 814. The first kappa shape index (κ1) is 15.9. The van der Waals surface area contributed by atoms with Gasteiger partial charge in [-0.05, 0) is 0 Å². The summed E-state index contributed by atoms with van der Waals surface area (Å²) >= 11 is 0. The van der Waals surface area contributed by atoms with E-state index in [1.807, 2.05) is 0 Å². The number of imidazole rings is 1. The van der Waals surface area contributed by atoms with Crippen molar-refractivity contribution in [1.29, 1.82) is 0 Å². The molecular weight excluding hydrogens is 339 g/mol. The molecule has 11 nitrogen and oxygen atoms in total. The van der Waals surface area contributed by atoms with Gasteiger partial charge in [0.05, 0.1) is 12.9 Å². The lowest BCUT2D eigenvalue weighted by atomic mass is 10.1. The minimum atomic E-state index is -3.44. The predicted molar refractivity (Wildman–Crippen MR) is 81.8 cm³/mol. The van der Waals surface area contributed by atoms with Gasteiger partial charge >= 0.3 is 7.75 Å². The van der Waals surface area contributed by atoms with E-state index in [9.17, 15) is 9.67 Å². The summed E-state index contributed by atoms with van der Waals surface area (Å²) in [6.45, 7) is 2.24. The molecule has 0 saturated carbocycles. The topological polar surface area (TPSA) is 147 Å². The molecule has 0 aliphatic carbocycles. The van der Waals surface area contributed by atoms with Gasteiger partial charge in [0.25, 0.3) is 0 Å². The monoisotopic (exact) mass is 356 g/mol. The number of anilines is 1. The Kier molecular flexibility index (Phi) is 3.79. The third kappa shape index (κ3) is 2.41. The van der Waals surface area contributed by atoms with E-state index in [2.05, 4.69) is 20.0 Å². The fourth-order valence-corrected chi connectivity index (χ4v) is 4.45. The first-order valence-corrected chi connectivity index (χ1v) is 9.01. The molecule has 2 aliphatic heterocycles. The number of nitrogen functional groups attached to an aromatic ring is 1. The van der Waals surface area contributed by atoms with Crippen molar-refractivity contribution in [3.05, 3.63) is 12.7 Å². The third-order valence-corrected chi connectivity index (χ3v) is 5.71. The van der Waals surface area contributed by atoms with Crippen molar-refractivity contribution in [2.75, 3.05) is 18.9 Å². The number of nitrogens with one attached hydrogen (secondary N) is 1.